The number of thiazole rings is 1. The maximum Gasteiger partial charge on any atom is 0.141 e. The van der Waals surface area contributed by atoms with Crippen LogP contribution in [0.1, 0.15) is 22.6 Å². The fourth-order valence-corrected chi connectivity index (χ4v) is 3.46. The number of fused-ring (bicyclic) bond motifs is 1. The topological polar surface area (TPSA) is 33.1 Å². The summed E-state index contributed by atoms with van der Waals surface area (Å²) in [5.41, 5.74) is 1.35. The van der Waals surface area contributed by atoms with Crippen molar-refractivity contribution in [2.45, 2.75) is 18.4 Å². The van der Waals surface area contributed by atoms with E-state index in [0.717, 1.165) is 27.9 Å². The van der Waals surface area contributed by atoms with Gasteiger partial charge in [-0.2, -0.15) is 0 Å². The number of hydrogen-bond donors (Lipinski definition) is 1. The van der Waals surface area contributed by atoms with Crippen LogP contribution in [-0.4, -0.2) is 10.1 Å². The third-order valence-corrected chi connectivity index (χ3v) is 4.47. The molecule has 16 heavy (non-hydrogen) atoms. The van der Waals surface area contributed by atoms with Crippen molar-refractivity contribution in [2.75, 3.05) is 0 Å². The van der Waals surface area contributed by atoms with Gasteiger partial charge in [0.15, 0.2) is 0 Å². The molecule has 3 rings (SSSR count). The molecule has 1 aromatic carbocycles. The van der Waals surface area contributed by atoms with E-state index in [4.69, 9.17) is 0 Å². The molecular formula is C12H10BrNOS. The van der Waals surface area contributed by atoms with Gasteiger partial charge in [-0.15, -0.1) is 11.3 Å². The minimum Gasteiger partial charge on any atom is -0.378 e. The van der Waals surface area contributed by atoms with Gasteiger partial charge in [0.05, 0.1) is 0 Å². The summed E-state index contributed by atoms with van der Waals surface area (Å²) < 4.78 is 1.06. The highest BCUT2D eigenvalue weighted by molar-refractivity contribution is 9.10. The highest BCUT2D eigenvalue weighted by Crippen LogP contribution is 2.43. The number of hydrogen-bond acceptors (Lipinski definition) is 3. The standard InChI is InChI=1S/C12H10BrNOS/c13-9-1-2-10-8(7-9)3-4-12(10,15)11-14-5-6-16-11/h1-2,5-7,15H,3-4H2. The molecule has 0 saturated heterocycles. The van der Waals surface area contributed by atoms with Crippen LogP contribution in [0.2, 0.25) is 0 Å². The average Bonchev–Trinajstić information content (AvgIpc) is 2.87. The minimum absolute atomic E-state index is 0.728. The molecule has 82 valence electrons. The van der Waals surface area contributed by atoms with Crippen LogP contribution in [-0.2, 0) is 12.0 Å². The van der Waals surface area contributed by atoms with E-state index >= 15 is 0 Å². The Balaban J connectivity index is 2.15. The third-order valence-electron chi connectivity index (χ3n) is 3.06. The van der Waals surface area contributed by atoms with Gasteiger partial charge in [-0.1, -0.05) is 22.0 Å². The molecule has 1 N–H and O–H groups in total. The van der Waals surface area contributed by atoms with Crippen molar-refractivity contribution in [3.8, 4) is 0 Å². The van der Waals surface area contributed by atoms with E-state index in [-0.39, 0.29) is 0 Å². The SMILES string of the molecule is OC1(c2nccs2)CCc2cc(Br)ccc21. The summed E-state index contributed by atoms with van der Waals surface area (Å²) in [5, 5.41) is 13.4. The van der Waals surface area contributed by atoms with Crippen molar-refractivity contribution in [3.05, 3.63) is 50.4 Å². The van der Waals surface area contributed by atoms with E-state index in [0.29, 0.717) is 0 Å². The molecule has 2 aromatic rings. The first kappa shape index (κ1) is 10.4. The molecule has 0 saturated carbocycles. The van der Waals surface area contributed by atoms with Crippen molar-refractivity contribution in [1.82, 2.24) is 4.98 Å². The van der Waals surface area contributed by atoms with Gasteiger partial charge >= 0.3 is 0 Å². The Morgan fingerprint density at radius 1 is 1.44 bits per heavy atom. The predicted octanol–water partition coefficient (Wildman–Crippen LogP) is 3.09. The largest absolute Gasteiger partial charge is 0.378 e. The second-order valence-corrected chi connectivity index (χ2v) is 5.81. The van der Waals surface area contributed by atoms with Crippen LogP contribution in [0.3, 0.4) is 0 Å². The summed E-state index contributed by atoms with van der Waals surface area (Å²) in [6.45, 7) is 0. The van der Waals surface area contributed by atoms with Gasteiger partial charge in [-0.3, -0.25) is 0 Å². The molecule has 0 amide bonds. The molecule has 0 radical (unpaired) electrons. The molecule has 1 atom stereocenters. The second kappa shape index (κ2) is 3.65. The molecule has 1 aliphatic carbocycles. The molecule has 0 fully saturated rings. The van der Waals surface area contributed by atoms with Crippen LogP contribution in [0, 0.1) is 0 Å². The fraction of sp³-hybridized carbons (Fsp3) is 0.250. The molecule has 0 spiro atoms. The minimum atomic E-state index is -0.871. The lowest BCUT2D eigenvalue weighted by atomic mass is 9.97. The number of aryl methyl sites for hydroxylation is 1. The lowest BCUT2D eigenvalue weighted by molar-refractivity contribution is 0.0826. The summed E-state index contributed by atoms with van der Waals surface area (Å²) in [7, 11) is 0. The first-order valence-electron chi connectivity index (χ1n) is 5.11. The summed E-state index contributed by atoms with van der Waals surface area (Å²) in [4.78, 5) is 4.25. The third kappa shape index (κ3) is 1.44. The Labute approximate surface area is 106 Å². The Morgan fingerprint density at radius 2 is 2.31 bits per heavy atom. The lowest BCUT2D eigenvalue weighted by Gasteiger charge is -2.21. The van der Waals surface area contributed by atoms with E-state index in [2.05, 4.69) is 27.0 Å². The first-order valence-corrected chi connectivity index (χ1v) is 6.79. The molecule has 1 aromatic heterocycles. The van der Waals surface area contributed by atoms with Crippen LogP contribution >= 0.6 is 27.3 Å². The van der Waals surface area contributed by atoms with Crippen molar-refractivity contribution in [1.29, 1.82) is 0 Å². The predicted molar refractivity (Wildman–Crippen MR) is 67.6 cm³/mol. The van der Waals surface area contributed by atoms with Crippen molar-refractivity contribution >= 4 is 27.3 Å². The Kier molecular flexibility index (Phi) is 2.38. The van der Waals surface area contributed by atoms with Crippen LogP contribution < -0.4 is 0 Å². The number of nitrogens with zero attached hydrogens (tertiary/aromatic N) is 1. The first-order chi connectivity index (χ1) is 7.70. The maximum atomic E-state index is 10.7. The summed E-state index contributed by atoms with van der Waals surface area (Å²) in [5.74, 6) is 0. The lowest BCUT2D eigenvalue weighted by Crippen LogP contribution is -2.23. The molecule has 0 aliphatic heterocycles. The van der Waals surface area contributed by atoms with Gasteiger partial charge in [0.25, 0.3) is 0 Å². The van der Waals surface area contributed by atoms with Gasteiger partial charge in [-0.25, -0.2) is 4.98 Å². The van der Waals surface area contributed by atoms with Crippen LogP contribution in [0.25, 0.3) is 0 Å². The molecule has 2 nitrogen and oxygen atoms in total. The van der Waals surface area contributed by atoms with E-state index in [1.54, 1.807) is 6.20 Å². The number of halogens is 1. The highest BCUT2D eigenvalue weighted by atomic mass is 79.9. The molecule has 1 unspecified atom stereocenters. The van der Waals surface area contributed by atoms with Crippen LogP contribution in [0.15, 0.2) is 34.2 Å². The molecule has 0 bridgehead atoms. The molecule has 1 aliphatic rings. The highest BCUT2D eigenvalue weighted by Gasteiger charge is 2.40. The van der Waals surface area contributed by atoms with Crippen LogP contribution in [0.4, 0.5) is 0 Å². The summed E-state index contributed by atoms with van der Waals surface area (Å²) >= 11 is 4.97. The van der Waals surface area contributed by atoms with Gasteiger partial charge < -0.3 is 5.11 Å². The second-order valence-electron chi connectivity index (χ2n) is 4.00. The van der Waals surface area contributed by atoms with Crippen molar-refractivity contribution in [2.24, 2.45) is 0 Å². The normalized spacial score (nSPS) is 23.4. The van der Waals surface area contributed by atoms with E-state index < -0.39 is 5.60 Å². The summed E-state index contributed by atoms with van der Waals surface area (Å²) in [6.07, 6.45) is 3.38. The van der Waals surface area contributed by atoms with E-state index in [1.165, 1.54) is 16.9 Å². The number of benzene rings is 1. The summed E-state index contributed by atoms with van der Waals surface area (Å²) in [6, 6.07) is 6.05. The Bertz CT molecular complexity index is 526. The zero-order chi connectivity index (χ0) is 11.2. The van der Waals surface area contributed by atoms with Crippen molar-refractivity contribution < 1.29 is 5.11 Å². The number of aromatic nitrogens is 1. The van der Waals surface area contributed by atoms with Crippen molar-refractivity contribution in [3.63, 3.8) is 0 Å². The van der Waals surface area contributed by atoms with Gasteiger partial charge in [0.1, 0.15) is 10.6 Å². The maximum absolute atomic E-state index is 10.7. The van der Waals surface area contributed by atoms with E-state index in [9.17, 15) is 5.11 Å². The molecular weight excluding hydrogens is 286 g/mol. The molecule has 1 heterocycles. The average molecular weight is 296 g/mol. The zero-order valence-corrected chi connectivity index (χ0v) is 10.9. The zero-order valence-electron chi connectivity index (χ0n) is 8.48. The smallest absolute Gasteiger partial charge is 0.141 e. The van der Waals surface area contributed by atoms with Gasteiger partial charge in [-0.05, 0) is 36.1 Å². The number of rotatable bonds is 1. The monoisotopic (exact) mass is 295 g/mol. The molecule has 4 heteroatoms. The Morgan fingerprint density at radius 3 is 3.06 bits per heavy atom. The number of aliphatic hydroxyl groups is 1. The van der Waals surface area contributed by atoms with Crippen LogP contribution in [0.5, 0.6) is 0 Å². The fourth-order valence-electron chi connectivity index (χ4n) is 2.27. The Hall–Kier alpha value is -0.710. The van der Waals surface area contributed by atoms with E-state index in [1.807, 2.05) is 17.5 Å². The van der Waals surface area contributed by atoms with Gasteiger partial charge in [0.2, 0.25) is 0 Å². The quantitative estimate of drug-likeness (QED) is 0.877. The van der Waals surface area contributed by atoms with Gasteiger partial charge in [0, 0.05) is 16.0 Å².